The standard InChI is InChI=1S/C13H18ClN3O/c1-8-4-2-3-5-10(8)17-11-6-12(14)16-7-9(11)13(15)18/h6-8,10H,2-5H2,1H3,(H2,15,18)(H,16,17)/t8-,10+/m1/s1. The highest BCUT2D eigenvalue weighted by Gasteiger charge is 2.22. The predicted molar refractivity (Wildman–Crippen MR) is 72.8 cm³/mol. The van der Waals surface area contributed by atoms with Gasteiger partial charge < -0.3 is 11.1 Å². The van der Waals surface area contributed by atoms with Crippen LogP contribution in [0.1, 0.15) is 43.0 Å². The summed E-state index contributed by atoms with van der Waals surface area (Å²) in [5.74, 6) is 0.108. The molecule has 0 aliphatic heterocycles. The average molecular weight is 268 g/mol. The summed E-state index contributed by atoms with van der Waals surface area (Å²) in [5, 5.41) is 3.76. The SMILES string of the molecule is C[C@@H]1CCCC[C@@H]1Nc1cc(Cl)ncc1C(N)=O. The highest BCUT2D eigenvalue weighted by molar-refractivity contribution is 6.29. The van der Waals surface area contributed by atoms with E-state index in [2.05, 4.69) is 17.2 Å². The maximum Gasteiger partial charge on any atom is 0.252 e. The monoisotopic (exact) mass is 267 g/mol. The molecule has 1 saturated carbocycles. The predicted octanol–water partition coefficient (Wildman–Crippen LogP) is 2.82. The van der Waals surface area contributed by atoms with Crippen LogP contribution in [0, 0.1) is 5.92 Å². The number of hydrogen-bond acceptors (Lipinski definition) is 3. The number of nitrogens with zero attached hydrogens (tertiary/aromatic N) is 1. The minimum absolute atomic E-state index is 0.367. The van der Waals surface area contributed by atoms with Crippen molar-refractivity contribution in [1.29, 1.82) is 0 Å². The van der Waals surface area contributed by atoms with Gasteiger partial charge in [0.25, 0.3) is 5.91 Å². The van der Waals surface area contributed by atoms with Crippen molar-refractivity contribution in [2.75, 3.05) is 5.32 Å². The van der Waals surface area contributed by atoms with Crippen LogP contribution in [0.5, 0.6) is 0 Å². The number of hydrogen-bond donors (Lipinski definition) is 2. The summed E-state index contributed by atoms with van der Waals surface area (Å²) in [5.41, 5.74) is 6.44. The van der Waals surface area contributed by atoms with Crippen molar-refractivity contribution < 1.29 is 4.79 Å². The van der Waals surface area contributed by atoms with Gasteiger partial charge in [0.1, 0.15) is 5.15 Å². The summed E-state index contributed by atoms with van der Waals surface area (Å²) in [7, 11) is 0. The Morgan fingerprint density at radius 1 is 1.50 bits per heavy atom. The molecule has 5 heteroatoms. The summed E-state index contributed by atoms with van der Waals surface area (Å²) in [4.78, 5) is 15.3. The molecular formula is C13H18ClN3O. The summed E-state index contributed by atoms with van der Waals surface area (Å²) >= 11 is 5.87. The number of nitrogens with two attached hydrogens (primary N) is 1. The molecule has 1 aromatic heterocycles. The van der Waals surface area contributed by atoms with Gasteiger partial charge in [-0.05, 0) is 24.8 Å². The molecule has 18 heavy (non-hydrogen) atoms. The van der Waals surface area contributed by atoms with Gasteiger partial charge >= 0.3 is 0 Å². The van der Waals surface area contributed by atoms with Gasteiger partial charge in [-0.2, -0.15) is 0 Å². The maximum absolute atomic E-state index is 11.4. The van der Waals surface area contributed by atoms with Crippen molar-refractivity contribution in [2.24, 2.45) is 11.7 Å². The quantitative estimate of drug-likeness (QED) is 0.828. The number of aromatic nitrogens is 1. The molecule has 1 fully saturated rings. The highest BCUT2D eigenvalue weighted by Crippen LogP contribution is 2.28. The van der Waals surface area contributed by atoms with Gasteiger partial charge in [0.05, 0.1) is 11.3 Å². The molecule has 2 rings (SSSR count). The molecular weight excluding hydrogens is 250 g/mol. The van der Waals surface area contributed by atoms with Gasteiger partial charge in [-0.1, -0.05) is 31.4 Å². The fraction of sp³-hybridized carbons (Fsp3) is 0.538. The number of halogens is 1. The van der Waals surface area contributed by atoms with E-state index in [1.165, 1.54) is 25.5 Å². The first-order valence-corrected chi connectivity index (χ1v) is 6.67. The Balaban J connectivity index is 2.21. The maximum atomic E-state index is 11.4. The number of carbonyl (C=O) groups excluding carboxylic acids is 1. The molecule has 1 aromatic rings. The molecule has 0 bridgehead atoms. The van der Waals surface area contributed by atoms with Crippen LogP contribution < -0.4 is 11.1 Å². The van der Waals surface area contributed by atoms with E-state index < -0.39 is 5.91 Å². The minimum Gasteiger partial charge on any atom is -0.381 e. The van der Waals surface area contributed by atoms with E-state index in [1.807, 2.05) is 0 Å². The lowest BCUT2D eigenvalue weighted by molar-refractivity contribution is 0.100. The summed E-state index contributed by atoms with van der Waals surface area (Å²) in [6.45, 7) is 2.23. The molecule has 3 N–H and O–H groups in total. The molecule has 0 unspecified atom stereocenters. The molecule has 98 valence electrons. The third kappa shape index (κ3) is 2.93. The first kappa shape index (κ1) is 13.1. The Kier molecular flexibility index (Phi) is 4.07. The Morgan fingerprint density at radius 3 is 2.89 bits per heavy atom. The van der Waals surface area contributed by atoms with Crippen LogP contribution in [0.25, 0.3) is 0 Å². The van der Waals surface area contributed by atoms with Crippen molar-refractivity contribution >= 4 is 23.2 Å². The van der Waals surface area contributed by atoms with E-state index in [4.69, 9.17) is 17.3 Å². The molecule has 2 atom stereocenters. The average Bonchev–Trinajstić information content (AvgIpc) is 2.32. The van der Waals surface area contributed by atoms with E-state index in [0.29, 0.717) is 28.4 Å². The number of pyridine rings is 1. The van der Waals surface area contributed by atoms with Gasteiger partial charge in [0.15, 0.2) is 0 Å². The Morgan fingerprint density at radius 2 is 2.22 bits per heavy atom. The molecule has 1 heterocycles. The van der Waals surface area contributed by atoms with Crippen LogP contribution in [0.4, 0.5) is 5.69 Å². The van der Waals surface area contributed by atoms with E-state index in [9.17, 15) is 4.79 Å². The molecule has 0 aromatic carbocycles. The molecule has 0 spiro atoms. The third-order valence-electron chi connectivity index (χ3n) is 3.59. The minimum atomic E-state index is -0.481. The summed E-state index contributed by atoms with van der Waals surface area (Å²) < 4.78 is 0. The highest BCUT2D eigenvalue weighted by atomic mass is 35.5. The van der Waals surface area contributed by atoms with Crippen molar-refractivity contribution in [1.82, 2.24) is 4.98 Å². The van der Waals surface area contributed by atoms with Crippen molar-refractivity contribution in [3.05, 3.63) is 23.0 Å². The number of amides is 1. The molecule has 0 saturated heterocycles. The van der Waals surface area contributed by atoms with Crippen molar-refractivity contribution in [3.63, 3.8) is 0 Å². The van der Waals surface area contributed by atoms with Crippen LogP contribution >= 0.6 is 11.6 Å². The van der Waals surface area contributed by atoms with Gasteiger partial charge in [0.2, 0.25) is 0 Å². The second kappa shape index (κ2) is 5.57. The van der Waals surface area contributed by atoms with Crippen LogP contribution in [0.3, 0.4) is 0 Å². The van der Waals surface area contributed by atoms with Crippen LogP contribution in [-0.4, -0.2) is 16.9 Å². The summed E-state index contributed by atoms with van der Waals surface area (Å²) in [6, 6.07) is 2.04. The van der Waals surface area contributed by atoms with Gasteiger partial charge in [-0.15, -0.1) is 0 Å². The molecule has 4 nitrogen and oxygen atoms in total. The normalized spacial score (nSPS) is 23.7. The topological polar surface area (TPSA) is 68.0 Å². The van der Waals surface area contributed by atoms with E-state index in [-0.39, 0.29) is 0 Å². The van der Waals surface area contributed by atoms with E-state index >= 15 is 0 Å². The fourth-order valence-electron chi connectivity index (χ4n) is 2.48. The third-order valence-corrected chi connectivity index (χ3v) is 3.80. The Hall–Kier alpha value is -1.29. The largest absolute Gasteiger partial charge is 0.381 e. The zero-order valence-electron chi connectivity index (χ0n) is 10.4. The second-order valence-electron chi connectivity index (χ2n) is 4.93. The smallest absolute Gasteiger partial charge is 0.252 e. The lowest BCUT2D eigenvalue weighted by Crippen LogP contribution is -2.31. The first-order chi connectivity index (χ1) is 8.58. The van der Waals surface area contributed by atoms with Gasteiger partial charge in [0, 0.05) is 12.2 Å². The number of carbonyl (C=O) groups is 1. The van der Waals surface area contributed by atoms with Crippen molar-refractivity contribution in [3.8, 4) is 0 Å². The molecule has 1 aliphatic rings. The Bertz CT molecular complexity index is 450. The van der Waals surface area contributed by atoms with Crippen LogP contribution in [-0.2, 0) is 0 Å². The van der Waals surface area contributed by atoms with E-state index in [1.54, 1.807) is 6.07 Å². The van der Waals surface area contributed by atoms with Crippen LogP contribution in [0.15, 0.2) is 12.3 Å². The second-order valence-corrected chi connectivity index (χ2v) is 5.32. The van der Waals surface area contributed by atoms with Crippen molar-refractivity contribution in [2.45, 2.75) is 38.6 Å². The van der Waals surface area contributed by atoms with E-state index in [0.717, 1.165) is 6.42 Å². The van der Waals surface area contributed by atoms with Crippen LogP contribution in [0.2, 0.25) is 5.15 Å². The lowest BCUT2D eigenvalue weighted by atomic mass is 9.85. The number of nitrogens with one attached hydrogen (secondary N) is 1. The number of primary amides is 1. The van der Waals surface area contributed by atoms with Gasteiger partial charge in [-0.3, -0.25) is 4.79 Å². The Labute approximate surface area is 112 Å². The zero-order chi connectivity index (χ0) is 13.1. The molecule has 1 amide bonds. The summed E-state index contributed by atoms with van der Waals surface area (Å²) in [6.07, 6.45) is 6.24. The fourth-order valence-corrected chi connectivity index (χ4v) is 2.63. The molecule has 0 radical (unpaired) electrons. The number of rotatable bonds is 3. The number of anilines is 1. The van der Waals surface area contributed by atoms with Gasteiger partial charge in [-0.25, -0.2) is 4.98 Å². The first-order valence-electron chi connectivity index (χ1n) is 6.30. The molecule has 1 aliphatic carbocycles. The zero-order valence-corrected chi connectivity index (χ0v) is 11.2. The lowest BCUT2D eigenvalue weighted by Gasteiger charge is -2.30.